The molecule has 0 N–H and O–H groups in total. The molecule has 0 aliphatic carbocycles. The molecule has 9 heteroatoms. The molecule has 0 aliphatic rings. The number of benzene rings is 5. The third-order valence-corrected chi connectivity index (χ3v) is 12.1. The molecule has 220 valence electrons. The lowest BCUT2D eigenvalue weighted by molar-refractivity contribution is 0.414. The molecule has 7 nitrogen and oxygen atoms in total. The number of sulfone groups is 1. The molecule has 0 bridgehead atoms. The summed E-state index contributed by atoms with van der Waals surface area (Å²) in [4.78, 5) is 0.277. The highest BCUT2D eigenvalue weighted by Gasteiger charge is 2.30. The zero-order chi connectivity index (χ0) is 30.6. The Kier molecular flexibility index (Phi) is 8.62. The second kappa shape index (κ2) is 12.4. The molecule has 5 aromatic carbocycles. The van der Waals surface area contributed by atoms with Crippen molar-refractivity contribution in [3.05, 3.63) is 115 Å². The van der Waals surface area contributed by atoms with Crippen LogP contribution in [0, 0.1) is 0 Å². The average Bonchev–Trinajstić information content (AvgIpc) is 3.07. The molecule has 0 saturated carbocycles. The maximum atomic E-state index is 15.0. The summed E-state index contributed by atoms with van der Waals surface area (Å²) in [5.74, 6) is 2.40. The second-order valence-corrected chi connectivity index (χ2v) is 14.3. The normalized spacial score (nSPS) is 11.5. The van der Waals surface area contributed by atoms with Gasteiger partial charge < -0.3 is 23.5 Å². The van der Waals surface area contributed by atoms with Crippen LogP contribution in [0.15, 0.2) is 125 Å². The maximum absolute atomic E-state index is 15.0. The molecule has 0 fully saturated rings. The van der Waals surface area contributed by atoms with E-state index in [9.17, 15) is 13.0 Å². The van der Waals surface area contributed by atoms with Gasteiger partial charge in [0.2, 0.25) is 9.84 Å². The van der Waals surface area contributed by atoms with Crippen LogP contribution in [-0.2, 0) is 14.4 Å². The van der Waals surface area contributed by atoms with E-state index in [-0.39, 0.29) is 9.79 Å². The minimum atomic E-state index is -3.81. The molecule has 5 aromatic rings. The van der Waals surface area contributed by atoms with E-state index in [2.05, 4.69) is 0 Å². The van der Waals surface area contributed by atoms with E-state index >= 15 is 0 Å². The van der Waals surface area contributed by atoms with E-state index in [1.165, 1.54) is 32.4 Å². The van der Waals surface area contributed by atoms with Gasteiger partial charge in [-0.25, -0.2) is 8.42 Å². The summed E-state index contributed by atoms with van der Waals surface area (Å²) >= 11 is 0. The smallest absolute Gasteiger partial charge is 0.206 e. The van der Waals surface area contributed by atoms with Crippen molar-refractivity contribution in [3.8, 4) is 34.1 Å². The van der Waals surface area contributed by atoms with Crippen molar-refractivity contribution in [2.24, 2.45) is 0 Å². The Morgan fingerprint density at radius 2 is 0.884 bits per heavy atom. The lowest BCUT2D eigenvalue weighted by Gasteiger charge is -2.21. The Bertz CT molecular complexity index is 1810. The molecule has 0 saturated heterocycles. The van der Waals surface area contributed by atoms with Gasteiger partial charge in [-0.05, 0) is 96.6 Å². The predicted octanol–water partition coefficient (Wildman–Crippen LogP) is 5.86. The quantitative estimate of drug-likeness (QED) is 0.182. The minimum absolute atomic E-state index is 0.125. The summed E-state index contributed by atoms with van der Waals surface area (Å²) in [6.45, 7) is 0. The lowest BCUT2D eigenvalue weighted by atomic mass is 10.0. The van der Waals surface area contributed by atoms with E-state index in [4.69, 9.17) is 18.9 Å². The predicted molar refractivity (Wildman–Crippen MR) is 169 cm³/mol. The standard InChI is InChI=1S/C34H31O7PS/c1-38-25-7-15-29(16-8-25)42(35,30-17-9-26(39-2)10-18-30)28-13-5-24(6-14-28)33-23-32(21-22-34(33)41-4)43(36,37)31-19-11-27(40-3)12-20-31/h5-23H,1-4H3. The summed E-state index contributed by atoms with van der Waals surface area (Å²) in [5, 5.41) is 1.92. The van der Waals surface area contributed by atoms with Crippen molar-refractivity contribution in [1.29, 1.82) is 0 Å². The van der Waals surface area contributed by atoms with Crippen LogP contribution >= 0.6 is 7.14 Å². The number of hydrogen-bond donors (Lipinski definition) is 0. The number of methoxy groups -OCH3 is 4. The zero-order valence-electron chi connectivity index (χ0n) is 24.2. The monoisotopic (exact) mass is 614 g/mol. The third kappa shape index (κ3) is 5.76. The molecule has 0 heterocycles. The molecule has 0 amide bonds. The highest BCUT2D eigenvalue weighted by molar-refractivity contribution is 7.91. The second-order valence-electron chi connectivity index (χ2n) is 9.59. The SMILES string of the molecule is COc1ccc(P(=O)(c2ccc(OC)cc2)c2ccc(-c3cc(S(=O)(=O)c4ccc(OC)cc4)ccc3OC)cc2)cc1. The fraction of sp³-hybridized carbons (Fsp3) is 0.118. The molecule has 0 aromatic heterocycles. The van der Waals surface area contributed by atoms with Crippen LogP contribution in [-0.4, -0.2) is 36.9 Å². The third-order valence-electron chi connectivity index (χ3n) is 7.26. The van der Waals surface area contributed by atoms with E-state index < -0.39 is 17.0 Å². The van der Waals surface area contributed by atoms with Crippen LogP contribution in [0.5, 0.6) is 23.0 Å². The van der Waals surface area contributed by atoms with Crippen LogP contribution < -0.4 is 34.9 Å². The molecular weight excluding hydrogens is 583 g/mol. The fourth-order valence-electron chi connectivity index (χ4n) is 4.85. The Morgan fingerprint density at radius 1 is 0.488 bits per heavy atom. The topological polar surface area (TPSA) is 88.1 Å². The minimum Gasteiger partial charge on any atom is -0.497 e. The molecule has 0 unspecified atom stereocenters. The van der Waals surface area contributed by atoms with Gasteiger partial charge in [-0.2, -0.15) is 0 Å². The van der Waals surface area contributed by atoms with Gasteiger partial charge in [-0.1, -0.05) is 24.3 Å². The van der Waals surface area contributed by atoms with Gasteiger partial charge in [0, 0.05) is 21.5 Å². The van der Waals surface area contributed by atoms with Crippen molar-refractivity contribution >= 4 is 32.9 Å². The van der Waals surface area contributed by atoms with E-state index in [0.717, 1.165) is 0 Å². The fourth-order valence-corrected chi connectivity index (χ4v) is 8.74. The summed E-state index contributed by atoms with van der Waals surface area (Å²) in [6.07, 6.45) is 0. The molecule has 0 aliphatic heterocycles. The van der Waals surface area contributed by atoms with Gasteiger partial charge in [0.25, 0.3) is 0 Å². The number of rotatable bonds is 10. The highest BCUT2D eigenvalue weighted by Crippen LogP contribution is 2.44. The molecule has 0 radical (unpaired) electrons. The van der Waals surface area contributed by atoms with Crippen molar-refractivity contribution < 1.29 is 31.9 Å². The Labute approximate surface area is 251 Å². The van der Waals surface area contributed by atoms with Crippen LogP contribution in [0.3, 0.4) is 0 Å². The number of hydrogen-bond acceptors (Lipinski definition) is 7. The summed E-state index contributed by atoms with van der Waals surface area (Å²) < 4.78 is 63.3. The number of ether oxygens (including phenoxy) is 4. The first-order valence-electron chi connectivity index (χ1n) is 13.3. The Hall–Kier alpha value is -4.52. The molecule has 0 atom stereocenters. The van der Waals surface area contributed by atoms with Crippen molar-refractivity contribution in [3.63, 3.8) is 0 Å². The Balaban J connectivity index is 1.58. The zero-order valence-corrected chi connectivity index (χ0v) is 25.9. The van der Waals surface area contributed by atoms with Crippen molar-refractivity contribution in [2.45, 2.75) is 9.79 Å². The first-order chi connectivity index (χ1) is 20.7. The lowest BCUT2D eigenvalue weighted by Crippen LogP contribution is -2.25. The molecule has 5 rings (SSSR count). The molecular formula is C34H31O7PS. The first-order valence-corrected chi connectivity index (χ1v) is 16.5. The van der Waals surface area contributed by atoms with E-state index in [0.29, 0.717) is 50.0 Å². The van der Waals surface area contributed by atoms with E-state index in [1.807, 2.05) is 48.5 Å². The Morgan fingerprint density at radius 3 is 1.30 bits per heavy atom. The largest absolute Gasteiger partial charge is 0.497 e. The van der Waals surface area contributed by atoms with Crippen LogP contribution in [0.1, 0.15) is 0 Å². The first kappa shape index (κ1) is 30.0. The van der Waals surface area contributed by atoms with Gasteiger partial charge in [0.05, 0.1) is 38.2 Å². The molecule has 43 heavy (non-hydrogen) atoms. The van der Waals surface area contributed by atoms with Gasteiger partial charge in [-0.15, -0.1) is 0 Å². The van der Waals surface area contributed by atoms with Crippen molar-refractivity contribution in [2.75, 3.05) is 28.4 Å². The van der Waals surface area contributed by atoms with Gasteiger partial charge in [-0.3, -0.25) is 0 Å². The molecule has 0 spiro atoms. The average molecular weight is 615 g/mol. The van der Waals surface area contributed by atoms with Crippen LogP contribution in [0.2, 0.25) is 0 Å². The summed E-state index contributed by atoms with van der Waals surface area (Å²) in [5.41, 5.74) is 1.30. The summed E-state index contributed by atoms with van der Waals surface area (Å²) in [6, 6.07) is 32.7. The van der Waals surface area contributed by atoms with Gasteiger partial charge >= 0.3 is 0 Å². The van der Waals surface area contributed by atoms with Gasteiger partial charge in [0.1, 0.15) is 23.0 Å². The van der Waals surface area contributed by atoms with Gasteiger partial charge in [0.15, 0.2) is 7.14 Å². The van der Waals surface area contributed by atoms with E-state index in [1.54, 1.807) is 62.8 Å². The van der Waals surface area contributed by atoms with Crippen LogP contribution in [0.4, 0.5) is 0 Å². The maximum Gasteiger partial charge on any atom is 0.206 e. The van der Waals surface area contributed by atoms with Crippen LogP contribution in [0.25, 0.3) is 11.1 Å². The summed E-state index contributed by atoms with van der Waals surface area (Å²) in [7, 11) is -0.879. The van der Waals surface area contributed by atoms with Crippen molar-refractivity contribution in [1.82, 2.24) is 0 Å². The highest BCUT2D eigenvalue weighted by atomic mass is 32.2.